The molecule has 0 aromatic heterocycles. The molecule has 136 valence electrons. The first-order valence-electron chi connectivity index (χ1n) is 8.15. The number of allylic oxidation sites excluding steroid dienone is 2. The van der Waals surface area contributed by atoms with Crippen molar-refractivity contribution in [1.82, 2.24) is 5.09 Å². The fourth-order valence-electron chi connectivity index (χ4n) is 2.01. The molecule has 0 amide bonds. The maximum atomic E-state index is 12.8. The summed E-state index contributed by atoms with van der Waals surface area (Å²) in [6, 6.07) is 8.46. The highest BCUT2D eigenvalue weighted by molar-refractivity contribution is 7.51. The smallest absolute Gasteiger partial charge is 0.294 e. The minimum atomic E-state index is -3.70. The number of Topliss-reactive ketones (excluding diaryl/α,β-unsaturated/α-hetero) is 1. The topological polar surface area (TPSA) is 81.7 Å². The maximum Gasteiger partial charge on any atom is 0.432 e. The van der Waals surface area contributed by atoms with Gasteiger partial charge in [-0.2, -0.15) is 0 Å². The van der Waals surface area contributed by atoms with Gasteiger partial charge in [0.05, 0.1) is 18.9 Å². The van der Waals surface area contributed by atoms with E-state index in [9.17, 15) is 14.2 Å². The van der Waals surface area contributed by atoms with Gasteiger partial charge >= 0.3 is 7.75 Å². The zero-order valence-electron chi connectivity index (χ0n) is 14.9. The van der Waals surface area contributed by atoms with Gasteiger partial charge in [0.25, 0.3) is 0 Å². The van der Waals surface area contributed by atoms with Crippen LogP contribution in [0.2, 0.25) is 0 Å². The molecular formula is C18H24NO5P. The predicted molar refractivity (Wildman–Crippen MR) is 95.1 cm³/mol. The Balaban J connectivity index is 2.28. The van der Waals surface area contributed by atoms with Gasteiger partial charge in [-0.3, -0.25) is 23.7 Å². The van der Waals surface area contributed by atoms with Crippen molar-refractivity contribution in [2.24, 2.45) is 11.3 Å². The number of nitrogens with one attached hydrogen (secondary N) is 1. The molecular weight excluding hydrogens is 341 g/mol. The number of hydrogen-bond acceptors (Lipinski definition) is 5. The Morgan fingerprint density at radius 3 is 2.24 bits per heavy atom. The van der Waals surface area contributed by atoms with Crippen molar-refractivity contribution in [2.45, 2.75) is 27.7 Å². The van der Waals surface area contributed by atoms with Gasteiger partial charge < -0.3 is 0 Å². The summed E-state index contributed by atoms with van der Waals surface area (Å²) in [5.74, 6) is -0.994. The van der Waals surface area contributed by atoms with E-state index in [-0.39, 0.29) is 36.0 Å². The summed E-state index contributed by atoms with van der Waals surface area (Å²) in [5, 5.41) is 2.56. The van der Waals surface area contributed by atoms with Gasteiger partial charge in [0.15, 0.2) is 5.78 Å². The fourth-order valence-corrected chi connectivity index (χ4v) is 3.72. The Morgan fingerprint density at radius 1 is 1.16 bits per heavy atom. The summed E-state index contributed by atoms with van der Waals surface area (Å²) in [7, 11) is -3.70. The molecule has 1 heterocycles. The van der Waals surface area contributed by atoms with Gasteiger partial charge in [-0.15, -0.1) is 0 Å². The highest BCUT2D eigenvalue weighted by Gasteiger charge is 2.38. The molecule has 0 spiro atoms. The zero-order valence-corrected chi connectivity index (χ0v) is 15.8. The van der Waals surface area contributed by atoms with Crippen molar-refractivity contribution in [2.75, 3.05) is 13.2 Å². The van der Waals surface area contributed by atoms with E-state index in [1.165, 1.54) is 6.08 Å². The monoisotopic (exact) mass is 365 g/mol. The van der Waals surface area contributed by atoms with Crippen LogP contribution in [0.4, 0.5) is 0 Å². The van der Waals surface area contributed by atoms with E-state index in [0.29, 0.717) is 5.56 Å². The molecule has 1 aliphatic rings. The van der Waals surface area contributed by atoms with E-state index < -0.39 is 13.5 Å². The minimum Gasteiger partial charge on any atom is -0.294 e. The lowest BCUT2D eigenvalue weighted by Gasteiger charge is -2.34. The molecule has 0 saturated carbocycles. The lowest BCUT2D eigenvalue weighted by atomic mass is 9.97. The van der Waals surface area contributed by atoms with Crippen LogP contribution in [-0.4, -0.2) is 24.8 Å². The van der Waals surface area contributed by atoms with Crippen LogP contribution in [0.5, 0.6) is 0 Å². The van der Waals surface area contributed by atoms with Crippen LogP contribution in [0.25, 0.3) is 0 Å². The molecule has 1 aromatic rings. The Labute approximate surface area is 148 Å². The number of carbonyl (C=O) groups excluding carboxylic acids is 2. The quantitative estimate of drug-likeness (QED) is 0.470. The van der Waals surface area contributed by atoms with Crippen molar-refractivity contribution in [3.63, 3.8) is 0 Å². The molecule has 0 bridgehead atoms. The summed E-state index contributed by atoms with van der Waals surface area (Å²) in [6.07, 6.45) is 1.17. The molecule has 25 heavy (non-hydrogen) atoms. The number of ketones is 2. The van der Waals surface area contributed by atoms with Crippen LogP contribution in [0.15, 0.2) is 42.1 Å². The maximum absolute atomic E-state index is 12.8. The lowest BCUT2D eigenvalue weighted by Crippen LogP contribution is -2.34. The summed E-state index contributed by atoms with van der Waals surface area (Å²) < 4.78 is 23.5. The van der Waals surface area contributed by atoms with E-state index in [1.807, 2.05) is 13.8 Å². The zero-order chi connectivity index (χ0) is 18.7. The second kappa shape index (κ2) is 7.65. The largest absolute Gasteiger partial charge is 0.432 e. The van der Waals surface area contributed by atoms with E-state index in [0.717, 1.165) is 0 Å². The van der Waals surface area contributed by atoms with E-state index in [2.05, 4.69) is 5.09 Å². The van der Waals surface area contributed by atoms with Gasteiger partial charge in [0.2, 0.25) is 5.78 Å². The Hall–Kier alpha value is -1.75. The molecule has 1 aliphatic heterocycles. The molecule has 1 aromatic carbocycles. The normalized spacial score (nSPS) is 19.5. The first kappa shape index (κ1) is 19.6. The average molecular weight is 365 g/mol. The van der Waals surface area contributed by atoms with Crippen LogP contribution in [0.1, 0.15) is 38.1 Å². The molecule has 0 atom stereocenters. The number of rotatable bonds is 6. The van der Waals surface area contributed by atoms with Crippen molar-refractivity contribution in [3.8, 4) is 0 Å². The van der Waals surface area contributed by atoms with Crippen LogP contribution in [-0.2, 0) is 18.4 Å². The van der Waals surface area contributed by atoms with Crippen molar-refractivity contribution in [3.05, 3.63) is 47.7 Å². The SMILES string of the molecule is CC(C)C(=O)/C=C(\NP1(=O)OCC(C)(C)CO1)C(=O)c1ccccc1. The summed E-state index contributed by atoms with van der Waals surface area (Å²) in [6.45, 7) is 7.74. The Kier molecular flexibility index (Phi) is 5.99. The molecule has 6 nitrogen and oxygen atoms in total. The highest BCUT2D eigenvalue weighted by Crippen LogP contribution is 2.51. The second-order valence-corrected chi connectivity index (χ2v) is 8.87. The van der Waals surface area contributed by atoms with Gasteiger partial charge in [-0.05, 0) is 0 Å². The first-order chi connectivity index (χ1) is 11.6. The summed E-state index contributed by atoms with van der Waals surface area (Å²) >= 11 is 0. The third kappa shape index (κ3) is 5.36. The molecule has 1 fully saturated rings. The summed E-state index contributed by atoms with van der Waals surface area (Å²) in [4.78, 5) is 24.8. The Morgan fingerprint density at radius 2 is 1.72 bits per heavy atom. The summed E-state index contributed by atoms with van der Waals surface area (Å²) in [5.41, 5.74) is 0.0195. The van der Waals surface area contributed by atoms with Crippen molar-refractivity contribution < 1.29 is 23.2 Å². The second-order valence-electron chi connectivity index (χ2n) is 7.13. The molecule has 0 radical (unpaired) electrons. The van der Waals surface area contributed by atoms with Gasteiger partial charge in [0.1, 0.15) is 0 Å². The number of benzene rings is 1. The number of hydrogen-bond donors (Lipinski definition) is 1. The van der Waals surface area contributed by atoms with Crippen LogP contribution in [0, 0.1) is 11.3 Å². The van der Waals surface area contributed by atoms with Crippen LogP contribution >= 0.6 is 7.75 Å². The third-order valence-corrected chi connectivity index (χ3v) is 5.10. The minimum absolute atomic E-state index is 0.0899. The average Bonchev–Trinajstić information content (AvgIpc) is 2.57. The van der Waals surface area contributed by atoms with E-state index in [4.69, 9.17) is 9.05 Å². The predicted octanol–water partition coefficient (Wildman–Crippen LogP) is 3.75. The van der Waals surface area contributed by atoms with Crippen molar-refractivity contribution in [1.29, 1.82) is 0 Å². The molecule has 1 N–H and O–H groups in total. The van der Waals surface area contributed by atoms with Gasteiger partial charge in [-0.25, -0.2) is 4.57 Å². The molecule has 2 rings (SSSR count). The standard InChI is InChI=1S/C18H24NO5P/c1-13(2)16(20)10-15(17(21)14-8-6-5-7-9-14)19-25(22)23-11-18(3,4)12-24-25/h5-10,13H,11-12H2,1-4H3,(H,19,22)/b15-10-. The van der Waals surface area contributed by atoms with Crippen LogP contribution < -0.4 is 5.09 Å². The van der Waals surface area contributed by atoms with Crippen LogP contribution in [0.3, 0.4) is 0 Å². The van der Waals surface area contributed by atoms with Gasteiger partial charge in [0, 0.05) is 23.0 Å². The fraction of sp³-hybridized carbons (Fsp3) is 0.444. The first-order valence-corrected chi connectivity index (χ1v) is 9.69. The molecule has 0 unspecified atom stereocenters. The van der Waals surface area contributed by atoms with E-state index in [1.54, 1.807) is 44.2 Å². The molecule has 0 aliphatic carbocycles. The lowest BCUT2D eigenvalue weighted by molar-refractivity contribution is -0.117. The molecule has 7 heteroatoms. The van der Waals surface area contributed by atoms with Crippen molar-refractivity contribution >= 4 is 19.3 Å². The molecule has 1 saturated heterocycles. The van der Waals surface area contributed by atoms with Gasteiger partial charge in [-0.1, -0.05) is 58.0 Å². The van der Waals surface area contributed by atoms with E-state index >= 15 is 0 Å². The number of carbonyl (C=O) groups is 2. The Bertz CT molecular complexity index is 710. The highest BCUT2D eigenvalue weighted by atomic mass is 31.2. The third-order valence-electron chi connectivity index (χ3n) is 3.64.